The van der Waals surface area contributed by atoms with E-state index in [1.165, 1.54) is 6.08 Å². The van der Waals surface area contributed by atoms with Gasteiger partial charge in [-0.3, -0.25) is 4.99 Å². The lowest BCUT2D eigenvalue weighted by Gasteiger charge is -1.97. The molecule has 0 saturated heterocycles. The van der Waals surface area contributed by atoms with Crippen molar-refractivity contribution in [3.8, 4) is 11.8 Å². The van der Waals surface area contributed by atoms with Crippen LogP contribution in [0.3, 0.4) is 0 Å². The SMILES string of the molecule is O=C([O-])/C=C/c1ccc(N=Cc2ccc(C#Cc3ccccc3)cc2)cc1. The Morgan fingerprint density at radius 2 is 1.37 bits per heavy atom. The summed E-state index contributed by atoms with van der Waals surface area (Å²) in [6.45, 7) is 0. The Morgan fingerprint density at radius 3 is 2.00 bits per heavy atom. The number of carboxylic acids is 1. The zero-order valence-corrected chi connectivity index (χ0v) is 14.5. The van der Waals surface area contributed by atoms with Crippen LogP contribution in [0.15, 0.2) is 89.9 Å². The number of aliphatic carboxylic acids is 1. The minimum atomic E-state index is -1.21. The highest BCUT2D eigenvalue weighted by Crippen LogP contribution is 2.14. The molecule has 0 unspecified atom stereocenters. The van der Waals surface area contributed by atoms with Crippen molar-refractivity contribution in [3.05, 3.63) is 107 Å². The monoisotopic (exact) mass is 350 g/mol. The molecule has 0 fully saturated rings. The van der Waals surface area contributed by atoms with Gasteiger partial charge >= 0.3 is 0 Å². The van der Waals surface area contributed by atoms with E-state index >= 15 is 0 Å². The van der Waals surface area contributed by atoms with Crippen molar-refractivity contribution in [2.45, 2.75) is 0 Å². The van der Waals surface area contributed by atoms with Crippen molar-refractivity contribution in [3.63, 3.8) is 0 Å². The molecule has 3 nitrogen and oxygen atoms in total. The van der Waals surface area contributed by atoms with Crippen LogP contribution in [-0.4, -0.2) is 12.2 Å². The van der Waals surface area contributed by atoms with Crippen molar-refractivity contribution >= 4 is 23.9 Å². The maximum atomic E-state index is 10.4. The van der Waals surface area contributed by atoms with Crippen LogP contribution < -0.4 is 5.11 Å². The van der Waals surface area contributed by atoms with Gasteiger partial charge in [-0.05, 0) is 53.6 Å². The molecule has 3 aromatic carbocycles. The van der Waals surface area contributed by atoms with Crippen LogP contribution in [0.5, 0.6) is 0 Å². The van der Waals surface area contributed by atoms with Gasteiger partial charge in [0.15, 0.2) is 0 Å². The quantitative estimate of drug-likeness (QED) is 0.410. The maximum Gasteiger partial charge on any atom is 0.0643 e. The van der Waals surface area contributed by atoms with E-state index in [1.54, 1.807) is 18.3 Å². The fraction of sp³-hybridized carbons (Fsp3) is 0. The first-order valence-corrected chi connectivity index (χ1v) is 8.39. The number of carbonyl (C=O) groups is 1. The summed E-state index contributed by atoms with van der Waals surface area (Å²) in [6.07, 6.45) is 4.26. The van der Waals surface area contributed by atoms with Gasteiger partial charge in [-0.2, -0.15) is 0 Å². The van der Waals surface area contributed by atoms with Crippen LogP contribution in [0.25, 0.3) is 6.08 Å². The number of rotatable bonds is 4. The average Bonchev–Trinajstić information content (AvgIpc) is 2.71. The number of hydrogen-bond acceptors (Lipinski definition) is 3. The molecular formula is C24H16NO2-. The Kier molecular flexibility index (Phi) is 5.96. The molecule has 3 rings (SSSR count). The van der Waals surface area contributed by atoms with Crippen LogP contribution in [-0.2, 0) is 4.79 Å². The van der Waals surface area contributed by atoms with Crippen LogP contribution in [0.2, 0.25) is 0 Å². The molecule has 27 heavy (non-hydrogen) atoms. The molecule has 0 spiro atoms. The Balaban J connectivity index is 1.64. The summed E-state index contributed by atoms with van der Waals surface area (Å²) < 4.78 is 0. The molecule has 0 aliphatic carbocycles. The van der Waals surface area contributed by atoms with E-state index in [2.05, 4.69) is 16.8 Å². The zero-order valence-electron chi connectivity index (χ0n) is 14.5. The molecule has 0 aliphatic rings. The van der Waals surface area contributed by atoms with E-state index in [0.29, 0.717) is 0 Å². The first-order chi connectivity index (χ1) is 13.2. The second kappa shape index (κ2) is 8.98. The summed E-state index contributed by atoms with van der Waals surface area (Å²) in [5.41, 5.74) is 4.47. The van der Waals surface area contributed by atoms with Crippen LogP contribution in [0.4, 0.5) is 5.69 Å². The maximum absolute atomic E-state index is 10.4. The average molecular weight is 350 g/mol. The second-order valence-electron chi connectivity index (χ2n) is 5.74. The number of hydrogen-bond donors (Lipinski definition) is 0. The van der Waals surface area contributed by atoms with Crippen LogP contribution in [0, 0.1) is 11.8 Å². The van der Waals surface area contributed by atoms with Gasteiger partial charge in [-0.1, -0.05) is 60.4 Å². The lowest BCUT2D eigenvalue weighted by molar-refractivity contribution is -0.297. The van der Waals surface area contributed by atoms with Crippen molar-refractivity contribution in [1.82, 2.24) is 0 Å². The third-order valence-corrected chi connectivity index (χ3v) is 3.70. The van der Waals surface area contributed by atoms with Gasteiger partial charge in [-0.25, -0.2) is 0 Å². The van der Waals surface area contributed by atoms with Gasteiger partial charge in [0, 0.05) is 17.3 Å². The third-order valence-electron chi connectivity index (χ3n) is 3.70. The largest absolute Gasteiger partial charge is 0.545 e. The minimum Gasteiger partial charge on any atom is -0.545 e. The molecule has 130 valence electrons. The van der Waals surface area contributed by atoms with E-state index in [-0.39, 0.29) is 0 Å². The number of aliphatic imine (C=N–C) groups is 1. The van der Waals surface area contributed by atoms with Gasteiger partial charge in [-0.15, -0.1) is 0 Å². The number of carbonyl (C=O) groups excluding carboxylic acids is 1. The highest BCUT2D eigenvalue weighted by atomic mass is 16.4. The molecule has 0 N–H and O–H groups in total. The molecule has 0 amide bonds. The molecule has 3 heteroatoms. The zero-order chi connectivity index (χ0) is 18.9. The molecule has 0 heterocycles. The summed E-state index contributed by atoms with van der Waals surface area (Å²) in [4.78, 5) is 14.8. The summed E-state index contributed by atoms with van der Waals surface area (Å²) in [6, 6.07) is 25.0. The van der Waals surface area contributed by atoms with Gasteiger partial charge < -0.3 is 9.90 Å². The topological polar surface area (TPSA) is 52.5 Å². The molecule has 0 bridgehead atoms. The minimum absolute atomic E-state index is 0.777. The van der Waals surface area contributed by atoms with Crippen molar-refractivity contribution < 1.29 is 9.90 Å². The summed E-state index contributed by atoms with van der Waals surface area (Å²) in [5.74, 6) is 5.06. The first-order valence-electron chi connectivity index (χ1n) is 8.39. The Hall–Kier alpha value is -3.90. The van der Waals surface area contributed by atoms with Gasteiger partial charge in [0.05, 0.1) is 11.7 Å². The van der Waals surface area contributed by atoms with Crippen molar-refractivity contribution in [2.75, 3.05) is 0 Å². The van der Waals surface area contributed by atoms with E-state index in [1.807, 2.05) is 66.7 Å². The number of carboxylic acid groups (broad SMARTS) is 1. The fourth-order valence-electron chi connectivity index (χ4n) is 2.30. The van der Waals surface area contributed by atoms with Gasteiger partial charge in [0.25, 0.3) is 0 Å². The highest BCUT2D eigenvalue weighted by molar-refractivity contribution is 5.84. The third kappa shape index (κ3) is 5.84. The molecule has 0 aromatic heterocycles. The van der Waals surface area contributed by atoms with Gasteiger partial charge in [0.1, 0.15) is 0 Å². The molecular weight excluding hydrogens is 334 g/mol. The second-order valence-corrected chi connectivity index (χ2v) is 5.74. The van der Waals surface area contributed by atoms with E-state index in [4.69, 9.17) is 0 Å². The lowest BCUT2D eigenvalue weighted by Crippen LogP contribution is -2.18. The standard InChI is InChI=1S/C24H17NO2/c26-24(27)17-14-21-12-15-23(16-13-21)25-18-22-10-8-20(9-11-22)7-6-19-4-2-1-3-5-19/h1-5,8-18H,(H,26,27)/p-1/b17-14+,25-18?. The van der Waals surface area contributed by atoms with E-state index < -0.39 is 5.97 Å². The van der Waals surface area contributed by atoms with Crippen molar-refractivity contribution in [2.24, 2.45) is 4.99 Å². The number of nitrogens with zero attached hydrogens (tertiary/aromatic N) is 1. The highest BCUT2D eigenvalue weighted by Gasteiger charge is 1.92. The molecule has 0 saturated carbocycles. The molecule has 3 aromatic rings. The number of benzene rings is 3. The van der Waals surface area contributed by atoms with Crippen LogP contribution in [0.1, 0.15) is 22.3 Å². The smallest absolute Gasteiger partial charge is 0.0643 e. The van der Waals surface area contributed by atoms with Gasteiger partial charge in [0.2, 0.25) is 0 Å². The molecule has 0 atom stereocenters. The van der Waals surface area contributed by atoms with Crippen molar-refractivity contribution in [1.29, 1.82) is 0 Å². The fourth-order valence-corrected chi connectivity index (χ4v) is 2.30. The Bertz CT molecular complexity index is 1020. The van der Waals surface area contributed by atoms with E-state index in [9.17, 15) is 9.90 Å². The molecule has 0 aliphatic heterocycles. The Morgan fingerprint density at radius 1 is 0.778 bits per heavy atom. The first kappa shape index (κ1) is 17.9. The summed E-state index contributed by atoms with van der Waals surface area (Å²) in [5, 5.41) is 10.4. The normalized spacial score (nSPS) is 10.7. The predicted octanol–water partition coefficient (Wildman–Crippen LogP) is 3.60. The summed E-state index contributed by atoms with van der Waals surface area (Å²) in [7, 11) is 0. The van der Waals surface area contributed by atoms with E-state index in [0.717, 1.165) is 34.0 Å². The summed E-state index contributed by atoms with van der Waals surface area (Å²) >= 11 is 0. The van der Waals surface area contributed by atoms with Crippen LogP contribution >= 0.6 is 0 Å². The molecule has 0 radical (unpaired) electrons. The Labute approximate surface area is 158 Å². The lowest BCUT2D eigenvalue weighted by atomic mass is 10.1. The predicted molar refractivity (Wildman–Crippen MR) is 107 cm³/mol.